The summed E-state index contributed by atoms with van der Waals surface area (Å²) < 4.78 is 5.60. The maximum atomic E-state index is 12.5. The fourth-order valence-electron chi connectivity index (χ4n) is 9.20. The molecular weight excluding hydrogens is 380 g/mol. The molecule has 0 bridgehead atoms. The second kappa shape index (κ2) is 7.58. The van der Waals surface area contributed by atoms with Crippen LogP contribution in [0.1, 0.15) is 85.5 Å². The van der Waals surface area contributed by atoms with Crippen LogP contribution < -0.4 is 0 Å². The minimum Gasteiger partial charge on any atom is -0.460 e. The van der Waals surface area contributed by atoms with Crippen LogP contribution >= 0.6 is 0 Å². The molecule has 170 valence electrons. The lowest BCUT2D eigenvalue weighted by Crippen LogP contribution is -2.63. The number of ether oxygens (including phenoxy) is 1. The van der Waals surface area contributed by atoms with Crippen molar-refractivity contribution in [3.63, 3.8) is 0 Å². The molecule has 0 aromatic carbocycles. The lowest BCUT2D eigenvalue weighted by atomic mass is 9.37. The molecule has 9 atom stereocenters. The van der Waals surface area contributed by atoms with Crippen LogP contribution in [0, 0.1) is 39.9 Å². The zero-order valence-electron chi connectivity index (χ0n) is 19.2. The molecule has 0 aromatic rings. The Morgan fingerprint density at radius 1 is 1.07 bits per heavy atom. The molecule has 9 unspecified atom stereocenters. The van der Waals surface area contributed by atoms with Gasteiger partial charge in [-0.2, -0.15) is 0 Å². The fourth-order valence-corrected chi connectivity index (χ4v) is 9.20. The third kappa shape index (κ3) is 2.94. The van der Waals surface area contributed by atoms with E-state index in [2.05, 4.69) is 20.8 Å². The lowest BCUT2D eigenvalue weighted by Gasteiger charge is -2.68. The number of hydrogen-bond donors (Lipinski definition) is 2. The molecule has 0 aromatic heterocycles. The number of Topliss-reactive ketones (excluding diaryl/α,β-unsaturated/α-hetero) is 1. The summed E-state index contributed by atoms with van der Waals surface area (Å²) in [5.41, 5.74) is 0.190. The van der Waals surface area contributed by atoms with E-state index >= 15 is 0 Å². The van der Waals surface area contributed by atoms with Crippen molar-refractivity contribution in [1.29, 1.82) is 0 Å². The number of fused-ring (bicyclic) bond motifs is 5. The van der Waals surface area contributed by atoms with Crippen LogP contribution in [0.2, 0.25) is 0 Å². The van der Waals surface area contributed by atoms with Crippen LogP contribution in [0.5, 0.6) is 0 Å². The van der Waals surface area contributed by atoms with Gasteiger partial charge in [-0.05, 0) is 91.8 Å². The van der Waals surface area contributed by atoms with E-state index in [1.807, 2.05) is 0 Å². The van der Waals surface area contributed by atoms with E-state index in [1.165, 1.54) is 13.3 Å². The SMILES string of the molecule is CCC12CCC3(C)C(C(=O)CO)CCC3C1CCC1CC(O)C(OC(C)=O)CC12C. The molecule has 4 aliphatic carbocycles. The predicted molar refractivity (Wildman–Crippen MR) is 113 cm³/mol. The molecule has 4 aliphatic rings. The molecule has 5 nitrogen and oxygen atoms in total. The summed E-state index contributed by atoms with van der Waals surface area (Å²) in [6.45, 7) is 8.13. The Morgan fingerprint density at radius 2 is 1.77 bits per heavy atom. The van der Waals surface area contributed by atoms with Crippen LogP contribution in [0.25, 0.3) is 0 Å². The van der Waals surface area contributed by atoms with Gasteiger partial charge < -0.3 is 14.9 Å². The number of aliphatic hydroxyl groups excluding tert-OH is 2. The third-order valence-corrected chi connectivity index (χ3v) is 10.7. The van der Waals surface area contributed by atoms with E-state index in [9.17, 15) is 19.8 Å². The van der Waals surface area contributed by atoms with E-state index in [1.54, 1.807) is 0 Å². The first-order valence-electron chi connectivity index (χ1n) is 12.1. The molecule has 4 rings (SSSR count). The van der Waals surface area contributed by atoms with Crippen molar-refractivity contribution in [3.05, 3.63) is 0 Å². The molecule has 0 spiro atoms. The van der Waals surface area contributed by atoms with Crippen molar-refractivity contribution in [1.82, 2.24) is 0 Å². The van der Waals surface area contributed by atoms with Gasteiger partial charge >= 0.3 is 5.97 Å². The number of esters is 1. The minimum atomic E-state index is -0.565. The summed E-state index contributed by atoms with van der Waals surface area (Å²) in [5.74, 6) is 1.25. The molecule has 0 heterocycles. The molecule has 0 saturated heterocycles. The molecule has 4 fully saturated rings. The maximum Gasteiger partial charge on any atom is 0.302 e. The van der Waals surface area contributed by atoms with E-state index in [-0.39, 0.29) is 40.5 Å². The number of carbonyl (C=O) groups is 2. The van der Waals surface area contributed by atoms with Crippen molar-refractivity contribution in [3.8, 4) is 0 Å². The number of hydrogen-bond acceptors (Lipinski definition) is 5. The number of aliphatic hydroxyl groups is 2. The highest BCUT2D eigenvalue weighted by atomic mass is 16.6. The summed E-state index contributed by atoms with van der Waals surface area (Å²) >= 11 is 0. The fraction of sp³-hybridized carbons (Fsp3) is 0.920. The quantitative estimate of drug-likeness (QED) is 0.674. The van der Waals surface area contributed by atoms with Gasteiger partial charge in [-0.25, -0.2) is 0 Å². The predicted octanol–water partition coefficient (Wildman–Crippen LogP) is 3.89. The first kappa shape index (κ1) is 22.3. The Hall–Kier alpha value is -0.940. The van der Waals surface area contributed by atoms with E-state index in [4.69, 9.17) is 4.74 Å². The van der Waals surface area contributed by atoms with Crippen molar-refractivity contribution in [2.24, 2.45) is 39.9 Å². The molecule has 5 heteroatoms. The Bertz CT molecular complexity index is 706. The van der Waals surface area contributed by atoms with Crippen LogP contribution in [0.3, 0.4) is 0 Å². The van der Waals surface area contributed by atoms with Crippen LogP contribution in [0.4, 0.5) is 0 Å². The molecular formula is C25H40O5. The number of carbonyl (C=O) groups excluding carboxylic acids is 2. The maximum absolute atomic E-state index is 12.5. The standard InChI is InChI=1S/C25H40O5/c1-5-25-11-10-23(3)17(8-9-19(23)21(29)14-26)18(25)7-6-16-12-20(28)22(30-15(2)27)13-24(16,25)4/h16-20,22,26,28H,5-14H2,1-4H3. The van der Waals surface area contributed by atoms with Gasteiger partial charge in [-0.1, -0.05) is 20.8 Å². The average molecular weight is 421 g/mol. The summed E-state index contributed by atoms with van der Waals surface area (Å²) in [4.78, 5) is 24.2. The van der Waals surface area contributed by atoms with Gasteiger partial charge in [-0.3, -0.25) is 9.59 Å². The Kier molecular flexibility index (Phi) is 5.63. The molecule has 0 radical (unpaired) electrons. The normalized spacial score (nSPS) is 50.2. The van der Waals surface area contributed by atoms with Gasteiger partial charge in [0.25, 0.3) is 0 Å². The van der Waals surface area contributed by atoms with Gasteiger partial charge in [0.1, 0.15) is 12.7 Å². The van der Waals surface area contributed by atoms with Gasteiger partial charge in [-0.15, -0.1) is 0 Å². The van der Waals surface area contributed by atoms with Crippen molar-refractivity contribution < 1.29 is 24.5 Å². The molecule has 0 aliphatic heterocycles. The smallest absolute Gasteiger partial charge is 0.302 e. The first-order valence-corrected chi connectivity index (χ1v) is 12.1. The zero-order chi connectivity index (χ0) is 21.9. The van der Waals surface area contributed by atoms with Gasteiger partial charge in [0.15, 0.2) is 5.78 Å². The number of ketones is 1. The van der Waals surface area contributed by atoms with Gasteiger partial charge in [0.05, 0.1) is 6.10 Å². The second-order valence-corrected chi connectivity index (χ2v) is 11.3. The highest BCUT2D eigenvalue weighted by Crippen LogP contribution is 2.73. The van der Waals surface area contributed by atoms with Gasteiger partial charge in [0, 0.05) is 12.8 Å². The monoisotopic (exact) mass is 420 g/mol. The largest absolute Gasteiger partial charge is 0.460 e. The number of rotatable bonds is 4. The zero-order valence-corrected chi connectivity index (χ0v) is 19.2. The van der Waals surface area contributed by atoms with Crippen molar-refractivity contribution in [2.45, 2.75) is 97.7 Å². The molecule has 0 amide bonds. The van der Waals surface area contributed by atoms with Crippen LogP contribution in [-0.4, -0.2) is 40.8 Å². The molecule has 4 saturated carbocycles. The third-order valence-electron chi connectivity index (χ3n) is 10.7. The second-order valence-electron chi connectivity index (χ2n) is 11.3. The van der Waals surface area contributed by atoms with Crippen LogP contribution in [-0.2, 0) is 14.3 Å². The lowest BCUT2D eigenvalue weighted by molar-refractivity contribution is -0.221. The van der Waals surface area contributed by atoms with Gasteiger partial charge in [0.2, 0.25) is 0 Å². The highest BCUT2D eigenvalue weighted by molar-refractivity contribution is 5.83. The van der Waals surface area contributed by atoms with Crippen molar-refractivity contribution in [2.75, 3.05) is 6.61 Å². The van der Waals surface area contributed by atoms with Crippen molar-refractivity contribution >= 4 is 11.8 Å². The first-order chi connectivity index (χ1) is 14.1. The summed E-state index contributed by atoms with van der Waals surface area (Å²) in [6.07, 6.45) is 7.96. The summed E-state index contributed by atoms with van der Waals surface area (Å²) in [5, 5.41) is 20.2. The molecule has 30 heavy (non-hydrogen) atoms. The Morgan fingerprint density at radius 3 is 2.40 bits per heavy atom. The minimum absolute atomic E-state index is 0.00415. The average Bonchev–Trinajstić information content (AvgIpc) is 3.05. The summed E-state index contributed by atoms with van der Waals surface area (Å²) in [7, 11) is 0. The highest BCUT2D eigenvalue weighted by Gasteiger charge is 2.67. The summed E-state index contributed by atoms with van der Waals surface area (Å²) in [6, 6.07) is 0. The Labute approximate surface area is 180 Å². The molecule has 2 N–H and O–H groups in total. The topological polar surface area (TPSA) is 83.8 Å². The van der Waals surface area contributed by atoms with E-state index in [0.29, 0.717) is 17.8 Å². The van der Waals surface area contributed by atoms with Crippen LogP contribution in [0.15, 0.2) is 0 Å². The Balaban J connectivity index is 1.69. The van der Waals surface area contributed by atoms with E-state index < -0.39 is 12.2 Å². The van der Waals surface area contributed by atoms with E-state index in [0.717, 1.165) is 51.4 Å².